The van der Waals surface area contributed by atoms with Crippen molar-refractivity contribution in [2.45, 2.75) is 0 Å². The minimum absolute atomic E-state index is 0.0524. The van der Waals surface area contributed by atoms with Crippen molar-refractivity contribution in [1.82, 2.24) is 5.43 Å². The predicted octanol–water partition coefficient (Wildman–Crippen LogP) is 4.29. The normalized spacial score (nSPS) is 10.6. The Hall–Kier alpha value is -4.92. The van der Waals surface area contributed by atoms with Crippen molar-refractivity contribution in [3.63, 3.8) is 0 Å². The number of ether oxygens (including phenoxy) is 2. The number of non-ortho nitro benzene ring substituents is 1. The van der Waals surface area contributed by atoms with Gasteiger partial charge in [-0.3, -0.25) is 29.8 Å². The number of rotatable bonds is 8. The van der Waals surface area contributed by atoms with E-state index in [1.807, 2.05) is 5.43 Å². The van der Waals surface area contributed by atoms with Gasteiger partial charge in [0.1, 0.15) is 5.82 Å². The fourth-order valence-corrected chi connectivity index (χ4v) is 3.13. The maximum Gasteiger partial charge on any atom is 0.329 e. The zero-order valence-corrected chi connectivity index (χ0v) is 20.2. The summed E-state index contributed by atoms with van der Waals surface area (Å²) in [6.45, 7) is 0. The molecule has 2 amide bonds. The number of benzene rings is 3. The zero-order chi connectivity index (χ0) is 27.1. The number of anilines is 1. The van der Waals surface area contributed by atoms with Crippen LogP contribution in [0.15, 0.2) is 64.2 Å². The number of nitrogens with one attached hydrogen (secondary N) is 2. The highest BCUT2D eigenvalue weighted by molar-refractivity contribution is 9.10. The van der Waals surface area contributed by atoms with E-state index in [0.29, 0.717) is 10.0 Å². The van der Waals surface area contributed by atoms with E-state index in [2.05, 4.69) is 26.3 Å². The number of nitrogens with zero attached hydrogens (tertiary/aromatic N) is 3. The third-order valence-corrected chi connectivity index (χ3v) is 5.02. The van der Waals surface area contributed by atoms with Crippen molar-refractivity contribution >= 4 is 51.0 Å². The molecule has 0 unspecified atom stereocenters. The number of halogens is 2. The molecule has 13 nitrogen and oxygen atoms in total. The van der Waals surface area contributed by atoms with Crippen LogP contribution in [0.1, 0.15) is 5.56 Å². The molecule has 15 heteroatoms. The van der Waals surface area contributed by atoms with Gasteiger partial charge in [0.25, 0.3) is 5.69 Å². The largest absolute Gasteiger partial charge is 0.493 e. The van der Waals surface area contributed by atoms with E-state index in [4.69, 9.17) is 9.47 Å². The van der Waals surface area contributed by atoms with Crippen LogP contribution in [0.2, 0.25) is 0 Å². The maximum atomic E-state index is 13.8. The molecule has 0 fully saturated rings. The Balaban J connectivity index is 1.69. The van der Waals surface area contributed by atoms with Crippen LogP contribution in [-0.4, -0.2) is 35.0 Å². The van der Waals surface area contributed by atoms with Crippen LogP contribution in [0.3, 0.4) is 0 Å². The van der Waals surface area contributed by atoms with E-state index in [1.54, 1.807) is 0 Å². The van der Waals surface area contributed by atoms with Gasteiger partial charge in [0.2, 0.25) is 5.75 Å². The summed E-state index contributed by atoms with van der Waals surface area (Å²) >= 11 is 3.08. The minimum Gasteiger partial charge on any atom is -0.493 e. The van der Waals surface area contributed by atoms with Crippen molar-refractivity contribution in [2.24, 2.45) is 5.10 Å². The van der Waals surface area contributed by atoms with Crippen LogP contribution < -0.4 is 20.2 Å². The molecule has 0 aliphatic heterocycles. The fraction of sp³-hybridized carbons (Fsp3) is 0.0455. The van der Waals surface area contributed by atoms with Crippen LogP contribution in [0.25, 0.3) is 0 Å². The molecule has 2 N–H and O–H groups in total. The first kappa shape index (κ1) is 26.7. The Labute approximate surface area is 215 Å². The van der Waals surface area contributed by atoms with E-state index in [0.717, 1.165) is 24.3 Å². The minimum atomic E-state index is -1.16. The first-order valence-electron chi connectivity index (χ1n) is 9.97. The molecule has 3 aromatic carbocycles. The number of hydrogen-bond acceptors (Lipinski definition) is 9. The van der Waals surface area contributed by atoms with E-state index < -0.39 is 38.9 Å². The molecule has 0 saturated heterocycles. The third-order valence-electron chi connectivity index (χ3n) is 4.52. The number of nitro groups is 2. The first-order chi connectivity index (χ1) is 17.6. The second-order valence-electron chi connectivity index (χ2n) is 6.96. The number of carbonyl (C=O) groups is 2. The highest BCUT2D eigenvalue weighted by atomic mass is 79.9. The number of methoxy groups -OCH3 is 1. The SMILES string of the molecule is COc1cc(/C=N/NC(=O)C(=O)Nc2ccc(Br)cc2F)ccc1Oc1ccc([N+](=O)[O-])cc1[N+](=O)[O-]. The van der Waals surface area contributed by atoms with Gasteiger partial charge in [-0.05, 0) is 48.0 Å². The van der Waals surface area contributed by atoms with Crippen LogP contribution >= 0.6 is 15.9 Å². The molecular formula is C22H15BrFN5O8. The van der Waals surface area contributed by atoms with Crippen LogP contribution in [0, 0.1) is 26.0 Å². The Bertz CT molecular complexity index is 1430. The smallest absolute Gasteiger partial charge is 0.329 e. The molecule has 3 rings (SSSR count). The molecule has 0 heterocycles. The summed E-state index contributed by atoms with van der Waals surface area (Å²) in [6.07, 6.45) is 1.17. The number of carbonyl (C=O) groups excluding carboxylic acids is 2. The predicted molar refractivity (Wildman–Crippen MR) is 131 cm³/mol. The summed E-state index contributed by atoms with van der Waals surface area (Å²) in [5, 5.41) is 28.0. The quantitative estimate of drug-likeness (QED) is 0.173. The molecule has 0 aliphatic rings. The second kappa shape index (κ2) is 11.7. The molecular weight excluding hydrogens is 561 g/mol. The molecule has 0 spiro atoms. The molecule has 0 atom stereocenters. The average Bonchev–Trinajstić information content (AvgIpc) is 2.86. The van der Waals surface area contributed by atoms with Crippen molar-refractivity contribution in [3.05, 3.63) is 90.7 Å². The number of hydrazone groups is 1. The van der Waals surface area contributed by atoms with E-state index >= 15 is 0 Å². The van der Waals surface area contributed by atoms with Gasteiger partial charge in [-0.25, -0.2) is 9.82 Å². The zero-order valence-electron chi connectivity index (χ0n) is 18.6. The molecule has 0 aromatic heterocycles. The summed E-state index contributed by atoms with van der Waals surface area (Å²) in [5.74, 6) is -3.13. The van der Waals surface area contributed by atoms with Crippen molar-refractivity contribution < 1.29 is 33.3 Å². The van der Waals surface area contributed by atoms with Gasteiger partial charge in [0.15, 0.2) is 11.5 Å². The van der Waals surface area contributed by atoms with Crippen molar-refractivity contribution in [1.29, 1.82) is 0 Å². The lowest BCUT2D eigenvalue weighted by Crippen LogP contribution is -2.32. The first-order valence-corrected chi connectivity index (χ1v) is 10.8. The van der Waals surface area contributed by atoms with E-state index in [-0.39, 0.29) is 22.9 Å². The van der Waals surface area contributed by atoms with Gasteiger partial charge in [-0.1, -0.05) is 15.9 Å². The topological polar surface area (TPSA) is 175 Å². The molecule has 0 saturated carbocycles. The second-order valence-corrected chi connectivity index (χ2v) is 7.87. The van der Waals surface area contributed by atoms with E-state index in [1.165, 1.54) is 43.7 Å². The summed E-state index contributed by atoms with van der Waals surface area (Å²) in [4.78, 5) is 44.5. The lowest BCUT2D eigenvalue weighted by atomic mass is 10.2. The average molecular weight is 576 g/mol. The fourth-order valence-electron chi connectivity index (χ4n) is 2.80. The Morgan fingerprint density at radius 1 is 0.973 bits per heavy atom. The highest BCUT2D eigenvalue weighted by Crippen LogP contribution is 2.38. The Kier molecular flexibility index (Phi) is 8.42. The van der Waals surface area contributed by atoms with Gasteiger partial charge in [-0.15, -0.1) is 0 Å². The molecule has 190 valence electrons. The standard InChI is InChI=1S/C22H15BrFN5O8/c1-36-20-8-12(11-25-27-22(31)21(30)26-16-5-3-13(23)9-15(16)24)2-6-19(20)37-18-7-4-14(28(32)33)10-17(18)29(34)35/h2-11H,1H3,(H,26,30)(H,27,31)/b25-11+. The third kappa shape index (κ3) is 6.82. The van der Waals surface area contributed by atoms with Gasteiger partial charge in [0.05, 0.1) is 34.9 Å². The molecule has 37 heavy (non-hydrogen) atoms. The summed E-state index contributed by atoms with van der Waals surface area (Å²) < 4.78 is 25.0. The molecule has 0 bridgehead atoms. The lowest BCUT2D eigenvalue weighted by Gasteiger charge is -2.11. The highest BCUT2D eigenvalue weighted by Gasteiger charge is 2.22. The van der Waals surface area contributed by atoms with E-state index in [9.17, 15) is 34.2 Å². The molecule has 0 radical (unpaired) electrons. The Morgan fingerprint density at radius 2 is 1.70 bits per heavy atom. The molecule has 3 aromatic rings. The number of hydrogen-bond donors (Lipinski definition) is 2. The van der Waals surface area contributed by atoms with Crippen LogP contribution in [0.5, 0.6) is 17.2 Å². The summed E-state index contributed by atoms with van der Waals surface area (Å²) in [6, 6.07) is 11.0. The number of amides is 2. The summed E-state index contributed by atoms with van der Waals surface area (Å²) in [7, 11) is 1.31. The van der Waals surface area contributed by atoms with Gasteiger partial charge in [-0.2, -0.15) is 5.10 Å². The van der Waals surface area contributed by atoms with Crippen LogP contribution in [-0.2, 0) is 9.59 Å². The van der Waals surface area contributed by atoms with Crippen LogP contribution in [0.4, 0.5) is 21.5 Å². The Morgan fingerprint density at radius 3 is 2.35 bits per heavy atom. The molecule has 0 aliphatic carbocycles. The maximum absolute atomic E-state index is 13.8. The monoisotopic (exact) mass is 575 g/mol. The van der Waals surface area contributed by atoms with Crippen molar-refractivity contribution in [3.8, 4) is 17.2 Å². The van der Waals surface area contributed by atoms with Gasteiger partial charge in [0, 0.05) is 10.5 Å². The lowest BCUT2D eigenvalue weighted by molar-refractivity contribution is -0.394. The van der Waals surface area contributed by atoms with Gasteiger partial charge < -0.3 is 14.8 Å². The van der Waals surface area contributed by atoms with Crippen molar-refractivity contribution in [2.75, 3.05) is 12.4 Å². The number of nitro benzene ring substituents is 2. The van der Waals surface area contributed by atoms with Gasteiger partial charge >= 0.3 is 17.5 Å². The summed E-state index contributed by atoms with van der Waals surface area (Å²) in [5.41, 5.74) is 1.08.